The number of benzene rings is 3. The molecule has 8 heteroatoms. The number of rotatable bonds is 7. The van der Waals surface area contributed by atoms with Gasteiger partial charge < -0.3 is 9.47 Å². The van der Waals surface area contributed by atoms with Crippen LogP contribution in [0.4, 0.5) is 0 Å². The topological polar surface area (TPSA) is 76.7 Å². The second-order valence-corrected chi connectivity index (χ2v) is 8.34. The Morgan fingerprint density at radius 2 is 1.45 bits per heavy atom. The Morgan fingerprint density at radius 3 is 2.13 bits per heavy atom. The minimum absolute atomic E-state index is 0.248. The number of para-hydroxylation sites is 1. The van der Waals surface area contributed by atoms with Gasteiger partial charge in [-0.05, 0) is 52.2 Å². The Morgan fingerprint density at radius 1 is 0.839 bits per heavy atom. The van der Waals surface area contributed by atoms with Crippen LogP contribution in [0.2, 0.25) is 0 Å². The van der Waals surface area contributed by atoms with Crippen molar-refractivity contribution in [2.75, 3.05) is 13.2 Å². The molecule has 31 heavy (non-hydrogen) atoms. The van der Waals surface area contributed by atoms with Gasteiger partial charge in [-0.15, -0.1) is 0 Å². The Hall–Kier alpha value is -2.84. The molecule has 6 nitrogen and oxygen atoms in total. The van der Waals surface area contributed by atoms with E-state index in [1.807, 2.05) is 67.6 Å². The molecule has 2 amide bonds. The fraction of sp³-hybridized carbons (Fsp3) is 0.130. The van der Waals surface area contributed by atoms with Crippen molar-refractivity contribution < 1.29 is 19.1 Å². The van der Waals surface area contributed by atoms with E-state index in [2.05, 4.69) is 42.7 Å². The van der Waals surface area contributed by atoms with Crippen molar-refractivity contribution in [1.82, 2.24) is 10.9 Å². The normalized spacial score (nSPS) is 10.3. The van der Waals surface area contributed by atoms with E-state index in [-0.39, 0.29) is 13.2 Å². The van der Waals surface area contributed by atoms with E-state index in [0.717, 1.165) is 25.6 Å². The first-order chi connectivity index (χ1) is 14.9. The van der Waals surface area contributed by atoms with Crippen LogP contribution in [-0.4, -0.2) is 25.0 Å². The maximum Gasteiger partial charge on any atom is 0.276 e. The van der Waals surface area contributed by atoms with Gasteiger partial charge in [0.1, 0.15) is 11.5 Å². The lowest BCUT2D eigenvalue weighted by Crippen LogP contribution is -2.45. The second-order valence-electron chi connectivity index (χ2n) is 6.57. The lowest BCUT2D eigenvalue weighted by atomic mass is 10.1. The third-order valence-electron chi connectivity index (χ3n) is 4.21. The van der Waals surface area contributed by atoms with Crippen LogP contribution in [0.5, 0.6) is 11.5 Å². The monoisotopic (exact) mass is 546 g/mol. The van der Waals surface area contributed by atoms with E-state index in [1.54, 1.807) is 6.07 Å². The summed E-state index contributed by atoms with van der Waals surface area (Å²) < 4.78 is 12.8. The molecule has 0 saturated heterocycles. The smallest absolute Gasteiger partial charge is 0.276 e. The summed E-state index contributed by atoms with van der Waals surface area (Å²) in [6, 6.07) is 20.9. The highest BCUT2D eigenvalue weighted by Gasteiger charge is 2.12. The minimum atomic E-state index is -0.493. The van der Waals surface area contributed by atoms with Gasteiger partial charge in [0.15, 0.2) is 13.2 Å². The molecule has 3 aromatic carbocycles. The van der Waals surface area contributed by atoms with Crippen molar-refractivity contribution in [3.8, 4) is 22.6 Å². The van der Waals surface area contributed by atoms with E-state index >= 15 is 0 Å². The van der Waals surface area contributed by atoms with Crippen molar-refractivity contribution in [3.63, 3.8) is 0 Å². The van der Waals surface area contributed by atoms with Gasteiger partial charge in [-0.3, -0.25) is 20.4 Å². The van der Waals surface area contributed by atoms with E-state index in [0.29, 0.717) is 11.5 Å². The second kappa shape index (κ2) is 11.0. The molecule has 0 radical (unpaired) electrons. The first-order valence-corrected chi connectivity index (χ1v) is 11.0. The summed E-state index contributed by atoms with van der Waals surface area (Å²) in [6.45, 7) is 1.37. The molecule has 0 unspecified atom stereocenters. The summed E-state index contributed by atoms with van der Waals surface area (Å²) in [7, 11) is 0. The van der Waals surface area contributed by atoms with Crippen molar-refractivity contribution in [2.24, 2.45) is 0 Å². The van der Waals surface area contributed by atoms with Crippen LogP contribution in [0.1, 0.15) is 5.56 Å². The van der Waals surface area contributed by atoms with Gasteiger partial charge in [0, 0.05) is 10.0 Å². The van der Waals surface area contributed by atoms with Crippen LogP contribution >= 0.6 is 31.9 Å². The summed E-state index contributed by atoms with van der Waals surface area (Å²) in [5.41, 5.74) is 7.37. The third-order valence-corrected chi connectivity index (χ3v) is 5.26. The average molecular weight is 548 g/mol. The predicted octanol–water partition coefficient (Wildman–Crippen LogP) is 4.79. The summed E-state index contributed by atoms with van der Waals surface area (Å²) in [4.78, 5) is 24.1. The third kappa shape index (κ3) is 6.57. The number of hydrogen-bond acceptors (Lipinski definition) is 4. The molecule has 3 rings (SSSR count). The molecule has 0 spiro atoms. The molecule has 3 aromatic rings. The van der Waals surface area contributed by atoms with Crippen molar-refractivity contribution in [1.29, 1.82) is 0 Å². The zero-order valence-electron chi connectivity index (χ0n) is 16.7. The molecule has 0 bridgehead atoms. The van der Waals surface area contributed by atoms with E-state index < -0.39 is 11.8 Å². The van der Waals surface area contributed by atoms with Crippen LogP contribution in [0, 0.1) is 6.92 Å². The number of carbonyl (C=O) groups is 2. The van der Waals surface area contributed by atoms with Crippen LogP contribution in [0.3, 0.4) is 0 Å². The molecule has 0 aliphatic rings. The predicted molar refractivity (Wildman–Crippen MR) is 126 cm³/mol. The van der Waals surface area contributed by atoms with Crippen molar-refractivity contribution in [3.05, 3.63) is 81.2 Å². The molecular weight excluding hydrogens is 528 g/mol. The number of halogens is 2. The molecule has 0 saturated carbocycles. The number of nitrogens with one attached hydrogen (secondary N) is 2. The van der Waals surface area contributed by atoms with Gasteiger partial charge in [-0.25, -0.2) is 0 Å². The van der Waals surface area contributed by atoms with Gasteiger partial charge in [-0.2, -0.15) is 0 Å². The quantitative estimate of drug-likeness (QED) is 0.417. The molecule has 0 heterocycles. The van der Waals surface area contributed by atoms with Gasteiger partial charge in [0.25, 0.3) is 11.8 Å². The molecule has 0 aliphatic heterocycles. The number of ether oxygens (including phenoxy) is 2. The first kappa shape index (κ1) is 22.8. The van der Waals surface area contributed by atoms with E-state index in [4.69, 9.17) is 9.47 Å². The number of hydrazine groups is 1. The van der Waals surface area contributed by atoms with Gasteiger partial charge in [0.2, 0.25) is 0 Å². The number of aryl methyl sites for hydroxylation is 1. The lowest BCUT2D eigenvalue weighted by molar-refractivity contribution is -0.131. The summed E-state index contributed by atoms with van der Waals surface area (Å²) in [5, 5.41) is 0. The molecule has 160 valence electrons. The average Bonchev–Trinajstić information content (AvgIpc) is 2.76. The Balaban J connectivity index is 1.48. The summed E-state index contributed by atoms with van der Waals surface area (Å²) in [5.74, 6) is 0.157. The first-order valence-electron chi connectivity index (χ1n) is 9.37. The van der Waals surface area contributed by atoms with Crippen molar-refractivity contribution in [2.45, 2.75) is 6.92 Å². The summed E-state index contributed by atoms with van der Waals surface area (Å²) in [6.07, 6.45) is 0. The van der Waals surface area contributed by atoms with Crippen LogP contribution in [0.15, 0.2) is 75.7 Å². The maximum atomic E-state index is 12.1. The molecule has 2 N–H and O–H groups in total. The number of carbonyl (C=O) groups excluding carboxylic acids is 2. The highest BCUT2D eigenvalue weighted by atomic mass is 79.9. The zero-order chi connectivity index (χ0) is 22.2. The summed E-state index contributed by atoms with van der Waals surface area (Å²) >= 11 is 6.80. The Labute approximate surface area is 197 Å². The van der Waals surface area contributed by atoms with Crippen LogP contribution in [0.25, 0.3) is 11.1 Å². The number of hydrogen-bond donors (Lipinski definition) is 2. The fourth-order valence-corrected chi connectivity index (χ4v) is 4.37. The van der Waals surface area contributed by atoms with E-state index in [1.165, 1.54) is 0 Å². The van der Waals surface area contributed by atoms with Crippen molar-refractivity contribution >= 4 is 43.7 Å². The Bertz CT molecular complexity index is 1050. The van der Waals surface area contributed by atoms with Crippen LogP contribution < -0.4 is 20.3 Å². The Kier molecular flexibility index (Phi) is 8.08. The van der Waals surface area contributed by atoms with Crippen LogP contribution in [-0.2, 0) is 9.59 Å². The molecule has 0 aromatic heterocycles. The largest absolute Gasteiger partial charge is 0.483 e. The van der Waals surface area contributed by atoms with Gasteiger partial charge in [-0.1, -0.05) is 64.5 Å². The highest BCUT2D eigenvalue weighted by molar-refractivity contribution is 9.11. The standard InChI is InChI=1S/C23H20Br2N2O4/c1-15-11-17(24)12-19(25)23(15)31-14-22(29)27-26-21(28)13-30-20-10-6-5-9-18(20)16-7-3-2-4-8-16/h2-12H,13-14H2,1H3,(H,26,28)(H,27,29). The molecular formula is C23H20Br2N2O4. The van der Waals surface area contributed by atoms with Gasteiger partial charge >= 0.3 is 0 Å². The fourth-order valence-electron chi connectivity index (χ4n) is 2.81. The zero-order valence-corrected chi connectivity index (χ0v) is 19.8. The SMILES string of the molecule is Cc1cc(Br)cc(Br)c1OCC(=O)NNC(=O)COc1ccccc1-c1ccccc1. The molecule has 0 atom stereocenters. The van der Waals surface area contributed by atoms with Gasteiger partial charge in [0.05, 0.1) is 4.47 Å². The highest BCUT2D eigenvalue weighted by Crippen LogP contribution is 2.32. The minimum Gasteiger partial charge on any atom is -0.483 e. The number of amides is 2. The lowest BCUT2D eigenvalue weighted by Gasteiger charge is -2.13. The maximum absolute atomic E-state index is 12.1. The van der Waals surface area contributed by atoms with E-state index in [9.17, 15) is 9.59 Å². The molecule has 0 fully saturated rings. The molecule has 0 aliphatic carbocycles.